The van der Waals surface area contributed by atoms with Crippen molar-refractivity contribution in [3.05, 3.63) is 59.2 Å². The molecule has 0 aliphatic carbocycles. The van der Waals surface area contributed by atoms with Crippen molar-refractivity contribution in [1.29, 1.82) is 0 Å². The number of carbonyl (C=O) groups excluding carboxylic acids is 2. The van der Waals surface area contributed by atoms with Crippen LogP contribution in [0, 0.1) is 5.92 Å². The highest BCUT2D eigenvalue weighted by molar-refractivity contribution is 5.95. The van der Waals surface area contributed by atoms with E-state index in [0.717, 1.165) is 29.0 Å². The average Bonchev–Trinajstić information content (AvgIpc) is 3.34. The van der Waals surface area contributed by atoms with Crippen molar-refractivity contribution in [3.63, 3.8) is 0 Å². The number of carbonyl (C=O) groups is 2. The van der Waals surface area contributed by atoms with Gasteiger partial charge in [-0.25, -0.2) is 4.79 Å². The summed E-state index contributed by atoms with van der Waals surface area (Å²) in [5.74, 6) is 0.969. The van der Waals surface area contributed by atoms with Crippen molar-refractivity contribution in [2.24, 2.45) is 5.92 Å². The number of hydrogen-bond donors (Lipinski definition) is 1. The molecule has 198 valence electrons. The predicted molar refractivity (Wildman–Crippen MR) is 141 cm³/mol. The summed E-state index contributed by atoms with van der Waals surface area (Å²) in [4.78, 5) is 30.3. The topological polar surface area (TPSA) is 80.3 Å². The first-order chi connectivity index (χ1) is 17.7. The number of nitrogens with one attached hydrogen (secondary N) is 1. The Bertz CT molecular complexity index is 1140. The molecule has 1 N–H and O–H groups in total. The van der Waals surface area contributed by atoms with Crippen LogP contribution in [0.15, 0.2) is 42.5 Å². The Morgan fingerprint density at radius 1 is 1.05 bits per heavy atom. The Labute approximate surface area is 218 Å². The molecule has 2 saturated heterocycles. The number of fused-ring (bicyclic) bond motifs is 3. The summed E-state index contributed by atoms with van der Waals surface area (Å²) >= 11 is 0. The molecule has 37 heavy (non-hydrogen) atoms. The zero-order chi connectivity index (χ0) is 26.2. The zero-order valence-corrected chi connectivity index (χ0v) is 22.2. The van der Waals surface area contributed by atoms with Crippen molar-refractivity contribution >= 4 is 17.7 Å². The Kier molecular flexibility index (Phi) is 7.03. The second-order valence-electron chi connectivity index (χ2n) is 10.9. The van der Waals surface area contributed by atoms with Crippen LogP contribution in [0.1, 0.15) is 67.7 Å². The van der Waals surface area contributed by atoms with Gasteiger partial charge in [0.25, 0.3) is 5.91 Å². The second-order valence-corrected chi connectivity index (χ2v) is 10.9. The van der Waals surface area contributed by atoms with Crippen molar-refractivity contribution in [2.45, 2.75) is 51.8 Å². The van der Waals surface area contributed by atoms with Gasteiger partial charge in [-0.05, 0) is 75.6 Å². The lowest BCUT2D eigenvalue weighted by molar-refractivity contribution is 0.0198. The summed E-state index contributed by atoms with van der Waals surface area (Å²) in [5, 5.41) is 3.73. The maximum atomic E-state index is 13.3. The normalized spacial score (nSPS) is 23.1. The lowest BCUT2D eigenvalue weighted by atomic mass is 9.79. The molecule has 2 fully saturated rings. The van der Waals surface area contributed by atoms with Crippen molar-refractivity contribution in [2.75, 3.05) is 44.8 Å². The molecule has 0 aromatic heterocycles. The summed E-state index contributed by atoms with van der Waals surface area (Å²) in [5.41, 5.74) is 3.09. The van der Waals surface area contributed by atoms with E-state index in [1.807, 2.05) is 67.8 Å². The van der Waals surface area contributed by atoms with E-state index in [2.05, 4.69) is 17.4 Å². The van der Waals surface area contributed by atoms with Crippen LogP contribution >= 0.6 is 0 Å². The molecule has 3 atom stereocenters. The summed E-state index contributed by atoms with van der Waals surface area (Å²) < 4.78 is 16.9. The third kappa shape index (κ3) is 5.25. The number of nitrogens with zero attached hydrogens (tertiary/aromatic N) is 2. The van der Waals surface area contributed by atoms with Crippen LogP contribution in [0.2, 0.25) is 0 Å². The summed E-state index contributed by atoms with van der Waals surface area (Å²) in [6, 6.07) is 13.8. The summed E-state index contributed by atoms with van der Waals surface area (Å²) in [6.45, 7) is 11.1. The largest absolute Gasteiger partial charge is 0.494 e. The monoisotopic (exact) mass is 507 g/mol. The molecule has 2 aromatic carbocycles. The quantitative estimate of drug-likeness (QED) is 0.626. The first kappa shape index (κ1) is 25.4. The second kappa shape index (κ2) is 10.2. The standard InChI is InChI=1S/C29H37N3O5/c1-5-36-21-9-6-19(7-10-21)25-22-12-13-32(28(34)37-29(2,3)4)26(22)23-18-20(8-11-24(23)30-25)27(33)31-14-16-35-17-15-31/h6-11,18,22,25-26,30H,5,12-17H2,1-4H3/t22-,25?,26-/m0/s1. The van der Waals surface area contributed by atoms with Crippen LogP contribution in [0.5, 0.6) is 5.75 Å². The minimum Gasteiger partial charge on any atom is -0.494 e. The number of anilines is 1. The van der Waals surface area contributed by atoms with E-state index in [0.29, 0.717) is 45.0 Å². The Balaban J connectivity index is 1.50. The summed E-state index contributed by atoms with van der Waals surface area (Å²) in [6.07, 6.45) is 0.513. The minimum atomic E-state index is -0.590. The molecule has 2 aromatic rings. The Morgan fingerprint density at radius 2 is 1.78 bits per heavy atom. The third-order valence-electron chi connectivity index (χ3n) is 7.28. The highest BCUT2D eigenvalue weighted by Crippen LogP contribution is 2.51. The number of rotatable bonds is 4. The van der Waals surface area contributed by atoms with E-state index >= 15 is 0 Å². The molecule has 2 amide bonds. The molecular weight excluding hydrogens is 470 g/mol. The number of morpholine rings is 1. The van der Waals surface area contributed by atoms with Crippen molar-refractivity contribution < 1.29 is 23.8 Å². The van der Waals surface area contributed by atoms with Crippen molar-refractivity contribution in [3.8, 4) is 5.75 Å². The van der Waals surface area contributed by atoms with Crippen LogP contribution in [-0.2, 0) is 9.47 Å². The van der Waals surface area contributed by atoms with Crippen LogP contribution < -0.4 is 10.1 Å². The van der Waals surface area contributed by atoms with Crippen LogP contribution in [0.25, 0.3) is 0 Å². The van der Waals surface area contributed by atoms with Gasteiger partial charge in [0.15, 0.2) is 0 Å². The molecule has 8 heteroatoms. The smallest absolute Gasteiger partial charge is 0.410 e. The van der Waals surface area contributed by atoms with Gasteiger partial charge in [-0.1, -0.05) is 12.1 Å². The fourth-order valence-electron chi connectivity index (χ4n) is 5.65. The van der Waals surface area contributed by atoms with Gasteiger partial charge in [-0.15, -0.1) is 0 Å². The fourth-order valence-corrected chi connectivity index (χ4v) is 5.65. The van der Waals surface area contributed by atoms with Gasteiger partial charge < -0.3 is 29.3 Å². The molecule has 0 radical (unpaired) electrons. The van der Waals surface area contributed by atoms with Gasteiger partial charge in [-0.2, -0.15) is 0 Å². The van der Waals surface area contributed by atoms with E-state index < -0.39 is 5.60 Å². The Hall–Kier alpha value is -3.26. The van der Waals surface area contributed by atoms with E-state index in [-0.39, 0.29) is 30.0 Å². The molecule has 8 nitrogen and oxygen atoms in total. The number of amides is 2. The molecule has 3 heterocycles. The highest BCUT2D eigenvalue weighted by atomic mass is 16.6. The Morgan fingerprint density at radius 3 is 2.46 bits per heavy atom. The van der Waals surface area contributed by atoms with Crippen LogP contribution in [0.4, 0.5) is 10.5 Å². The van der Waals surface area contributed by atoms with Crippen molar-refractivity contribution in [1.82, 2.24) is 9.80 Å². The number of hydrogen-bond acceptors (Lipinski definition) is 6. The van der Waals surface area contributed by atoms with Gasteiger partial charge in [0, 0.05) is 36.8 Å². The minimum absolute atomic E-state index is 0.00176. The lowest BCUT2D eigenvalue weighted by Crippen LogP contribution is -2.41. The molecule has 1 unspecified atom stereocenters. The first-order valence-electron chi connectivity index (χ1n) is 13.2. The van der Waals surface area contributed by atoms with E-state index in [1.165, 1.54) is 0 Å². The maximum absolute atomic E-state index is 13.3. The lowest BCUT2D eigenvalue weighted by Gasteiger charge is -2.40. The number of likely N-dealkylation sites (tertiary alicyclic amines) is 1. The van der Waals surface area contributed by atoms with E-state index in [9.17, 15) is 9.59 Å². The van der Waals surface area contributed by atoms with Gasteiger partial charge in [0.2, 0.25) is 0 Å². The molecule has 0 saturated carbocycles. The number of benzene rings is 2. The SMILES string of the molecule is CCOc1ccc(C2Nc3ccc(C(=O)N4CCOCC4)cc3[C@@H]3[C@H]2CCN3C(=O)OC(C)(C)C)cc1. The van der Waals surface area contributed by atoms with Gasteiger partial charge in [0.05, 0.1) is 31.9 Å². The van der Waals surface area contributed by atoms with Gasteiger partial charge >= 0.3 is 6.09 Å². The summed E-state index contributed by atoms with van der Waals surface area (Å²) in [7, 11) is 0. The maximum Gasteiger partial charge on any atom is 0.410 e. The van der Waals surface area contributed by atoms with Crippen LogP contribution in [0.3, 0.4) is 0 Å². The zero-order valence-electron chi connectivity index (χ0n) is 22.2. The van der Waals surface area contributed by atoms with E-state index in [4.69, 9.17) is 14.2 Å². The molecule has 0 bridgehead atoms. The van der Waals surface area contributed by atoms with Gasteiger partial charge in [0.1, 0.15) is 11.4 Å². The molecule has 3 aliphatic heterocycles. The van der Waals surface area contributed by atoms with Crippen LogP contribution in [-0.4, -0.2) is 66.9 Å². The predicted octanol–water partition coefficient (Wildman–Crippen LogP) is 5.02. The molecule has 5 rings (SSSR count). The molecular formula is C29H37N3O5. The van der Waals surface area contributed by atoms with E-state index in [1.54, 1.807) is 0 Å². The molecule has 0 spiro atoms. The average molecular weight is 508 g/mol. The highest BCUT2D eigenvalue weighted by Gasteiger charge is 2.47. The third-order valence-corrected chi connectivity index (χ3v) is 7.28. The fraction of sp³-hybridized carbons (Fsp3) is 0.517. The number of ether oxygens (including phenoxy) is 3. The van der Waals surface area contributed by atoms with Gasteiger partial charge in [-0.3, -0.25) is 4.79 Å². The molecule has 3 aliphatic rings. The first-order valence-corrected chi connectivity index (χ1v) is 13.2.